The second kappa shape index (κ2) is 5.87. The van der Waals surface area contributed by atoms with Gasteiger partial charge in [0.25, 0.3) is 0 Å². The summed E-state index contributed by atoms with van der Waals surface area (Å²) < 4.78 is 3.88. The molecule has 2 aromatic rings. The number of nitrogens with zero attached hydrogens (tertiary/aromatic N) is 3. The molecule has 0 radical (unpaired) electrons. The summed E-state index contributed by atoms with van der Waals surface area (Å²) in [6.07, 6.45) is 0.534. The molecule has 0 unspecified atom stereocenters. The zero-order valence-corrected chi connectivity index (χ0v) is 10.1. The first-order chi connectivity index (χ1) is 8.79. The number of benzene rings is 1. The Balaban J connectivity index is 2.01. The lowest BCUT2D eigenvalue weighted by molar-refractivity contribution is -0.102. The topological polar surface area (TPSA) is 90.5 Å². The Morgan fingerprint density at radius 3 is 2.83 bits per heavy atom. The zero-order valence-electron chi connectivity index (χ0n) is 9.31. The van der Waals surface area contributed by atoms with E-state index in [2.05, 4.69) is 14.5 Å². The maximum absolute atomic E-state index is 10.8. The fourth-order valence-corrected chi connectivity index (χ4v) is 1.65. The average molecular weight is 262 g/mol. The molecule has 0 spiro atoms. The van der Waals surface area contributed by atoms with Gasteiger partial charge in [0.1, 0.15) is 6.61 Å². The standard InChI is InChI=1S/C11H10N4O2S/c12-11-13-10(15-18-11)9(6-16)14-17-7-8-4-2-1-3-5-8/h1-6H,7H2,(H2,12,13,15)/b14-9+. The monoisotopic (exact) mass is 262 g/mol. The Labute approximate surface area is 107 Å². The number of oxime groups is 1. The number of nitrogen functional groups attached to an aromatic ring is 1. The summed E-state index contributed by atoms with van der Waals surface area (Å²) in [5.74, 6) is 0.181. The average Bonchev–Trinajstić information content (AvgIpc) is 2.82. The number of rotatable bonds is 5. The van der Waals surface area contributed by atoms with Crippen LogP contribution in [-0.2, 0) is 16.2 Å². The summed E-state index contributed by atoms with van der Waals surface area (Å²) in [5.41, 5.74) is 6.41. The lowest BCUT2D eigenvalue weighted by atomic mass is 10.2. The van der Waals surface area contributed by atoms with Gasteiger partial charge in [0, 0.05) is 11.5 Å². The highest BCUT2D eigenvalue weighted by Gasteiger charge is 2.09. The van der Waals surface area contributed by atoms with Crippen LogP contribution in [0.15, 0.2) is 35.5 Å². The summed E-state index contributed by atoms with van der Waals surface area (Å²) in [5, 5.41) is 3.98. The van der Waals surface area contributed by atoms with Crippen molar-refractivity contribution in [2.24, 2.45) is 5.16 Å². The molecule has 0 amide bonds. The fourth-order valence-electron chi connectivity index (χ4n) is 1.20. The van der Waals surface area contributed by atoms with E-state index in [0.717, 1.165) is 17.1 Å². The van der Waals surface area contributed by atoms with Crippen molar-refractivity contribution in [3.8, 4) is 0 Å². The minimum Gasteiger partial charge on any atom is -0.390 e. The van der Waals surface area contributed by atoms with E-state index in [1.54, 1.807) is 0 Å². The maximum atomic E-state index is 10.8. The summed E-state index contributed by atoms with van der Waals surface area (Å²) in [6, 6.07) is 9.49. The molecule has 1 heterocycles. The molecule has 0 fully saturated rings. The van der Waals surface area contributed by atoms with Crippen molar-refractivity contribution in [3.63, 3.8) is 0 Å². The molecule has 0 bridgehead atoms. The van der Waals surface area contributed by atoms with Gasteiger partial charge in [-0.15, -0.1) is 0 Å². The molecule has 0 saturated carbocycles. The SMILES string of the molecule is Nc1nc(/C(C=O)=N/OCc2ccccc2)ns1. The number of carbonyl (C=O) groups excluding carboxylic acids is 1. The Hall–Kier alpha value is -2.28. The van der Waals surface area contributed by atoms with Crippen LogP contribution in [0.5, 0.6) is 0 Å². The van der Waals surface area contributed by atoms with E-state index in [9.17, 15) is 4.79 Å². The summed E-state index contributed by atoms with van der Waals surface area (Å²) in [7, 11) is 0. The van der Waals surface area contributed by atoms with E-state index < -0.39 is 0 Å². The van der Waals surface area contributed by atoms with Crippen molar-refractivity contribution < 1.29 is 9.63 Å². The number of anilines is 1. The quantitative estimate of drug-likeness (QED) is 0.497. The lowest BCUT2D eigenvalue weighted by Gasteiger charge is -1.99. The van der Waals surface area contributed by atoms with Gasteiger partial charge >= 0.3 is 0 Å². The predicted molar refractivity (Wildman–Crippen MR) is 68.2 cm³/mol. The number of hydrogen-bond acceptors (Lipinski definition) is 7. The van der Waals surface area contributed by atoms with Gasteiger partial charge in [-0.05, 0) is 5.56 Å². The third kappa shape index (κ3) is 3.11. The molecule has 0 aliphatic rings. The molecule has 0 saturated heterocycles. The smallest absolute Gasteiger partial charge is 0.200 e. The van der Waals surface area contributed by atoms with E-state index in [0.29, 0.717) is 6.29 Å². The first-order valence-electron chi connectivity index (χ1n) is 5.08. The molecular weight excluding hydrogens is 252 g/mol. The molecule has 0 aliphatic heterocycles. The zero-order chi connectivity index (χ0) is 12.8. The first kappa shape index (κ1) is 12.2. The second-order valence-corrected chi connectivity index (χ2v) is 4.09. The van der Waals surface area contributed by atoms with Crippen LogP contribution < -0.4 is 5.73 Å². The van der Waals surface area contributed by atoms with Crippen LogP contribution in [0.3, 0.4) is 0 Å². The van der Waals surface area contributed by atoms with Crippen molar-refractivity contribution in [1.82, 2.24) is 9.36 Å². The van der Waals surface area contributed by atoms with Gasteiger partial charge in [0.15, 0.2) is 23.0 Å². The molecule has 0 atom stereocenters. The Kier molecular flexibility index (Phi) is 3.98. The van der Waals surface area contributed by atoms with Gasteiger partial charge < -0.3 is 10.6 Å². The van der Waals surface area contributed by atoms with Crippen LogP contribution in [0.1, 0.15) is 11.4 Å². The van der Waals surface area contributed by atoms with Crippen LogP contribution in [0.25, 0.3) is 0 Å². The number of aromatic nitrogens is 2. The first-order valence-corrected chi connectivity index (χ1v) is 5.85. The van der Waals surface area contributed by atoms with Crippen molar-refractivity contribution in [2.45, 2.75) is 6.61 Å². The Bertz CT molecular complexity index is 553. The molecule has 0 aliphatic carbocycles. The van der Waals surface area contributed by atoms with Gasteiger partial charge in [-0.3, -0.25) is 4.79 Å². The van der Waals surface area contributed by atoms with Gasteiger partial charge in [0.05, 0.1) is 0 Å². The fraction of sp³-hybridized carbons (Fsp3) is 0.0909. The minimum atomic E-state index is 0.0267. The van der Waals surface area contributed by atoms with E-state index in [1.165, 1.54) is 0 Å². The van der Waals surface area contributed by atoms with Crippen LogP contribution in [0.2, 0.25) is 0 Å². The third-order valence-corrected chi connectivity index (χ3v) is 2.56. The summed E-state index contributed by atoms with van der Waals surface area (Å²) in [4.78, 5) is 19.8. The van der Waals surface area contributed by atoms with Gasteiger partial charge in [-0.2, -0.15) is 9.36 Å². The van der Waals surface area contributed by atoms with Gasteiger partial charge in [0.2, 0.25) is 0 Å². The largest absolute Gasteiger partial charge is 0.390 e. The molecule has 1 aromatic carbocycles. The van der Waals surface area contributed by atoms with Gasteiger partial charge in [-0.1, -0.05) is 35.5 Å². The minimum absolute atomic E-state index is 0.0267. The molecule has 6 nitrogen and oxygen atoms in total. The Morgan fingerprint density at radius 2 is 2.22 bits per heavy atom. The normalized spacial score (nSPS) is 11.2. The number of aldehydes is 1. The molecule has 92 valence electrons. The van der Waals surface area contributed by atoms with Crippen LogP contribution >= 0.6 is 11.5 Å². The maximum Gasteiger partial charge on any atom is 0.200 e. The molecule has 1 aromatic heterocycles. The lowest BCUT2D eigenvalue weighted by Crippen LogP contribution is -2.06. The molecule has 2 rings (SSSR count). The summed E-state index contributed by atoms with van der Waals surface area (Å²) >= 11 is 0.999. The Morgan fingerprint density at radius 1 is 1.44 bits per heavy atom. The third-order valence-electron chi connectivity index (χ3n) is 2.02. The van der Waals surface area contributed by atoms with Crippen LogP contribution in [0.4, 0.5) is 5.13 Å². The number of hydrogen-bond donors (Lipinski definition) is 1. The summed E-state index contributed by atoms with van der Waals surface area (Å²) in [6.45, 7) is 0.276. The van der Waals surface area contributed by atoms with E-state index in [-0.39, 0.29) is 23.3 Å². The van der Waals surface area contributed by atoms with E-state index >= 15 is 0 Å². The highest BCUT2D eigenvalue weighted by Crippen LogP contribution is 2.07. The van der Waals surface area contributed by atoms with Crippen molar-refractivity contribution >= 4 is 28.7 Å². The van der Waals surface area contributed by atoms with Crippen LogP contribution in [-0.4, -0.2) is 21.4 Å². The number of nitrogens with two attached hydrogens (primary N) is 1. The molecule has 7 heteroatoms. The van der Waals surface area contributed by atoms with Crippen molar-refractivity contribution in [3.05, 3.63) is 41.7 Å². The highest BCUT2D eigenvalue weighted by atomic mass is 32.1. The van der Waals surface area contributed by atoms with Gasteiger partial charge in [-0.25, -0.2) is 0 Å². The van der Waals surface area contributed by atoms with Crippen LogP contribution in [0, 0.1) is 0 Å². The molecule has 2 N–H and O–H groups in total. The second-order valence-electron chi connectivity index (χ2n) is 3.31. The number of carbonyl (C=O) groups is 1. The predicted octanol–water partition coefficient (Wildman–Crippen LogP) is 1.24. The van der Waals surface area contributed by atoms with Crippen molar-refractivity contribution in [2.75, 3.05) is 5.73 Å². The molecule has 18 heavy (non-hydrogen) atoms. The van der Waals surface area contributed by atoms with Crippen molar-refractivity contribution in [1.29, 1.82) is 0 Å². The van der Waals surface area contributed by atoms with E-state index in [4.69, 9.17) is 10.6 Å². The van der Waals surface area contributed by atoms with E-state index in [1.807, 2.05) is 30.3 Å². The molecular formula is C11H10N4O2S. The highest BCUT2D eigenvalue weighted by molar-refractivity contribution is 7.09.